The Labute approximate surface area is 180 Å². The molecule has 1 N–H and O–H groups in total. The monoisotopic (exact) mass is 397 g/mol. The molecule has 1 unspecified atom stereocenters. The lowest BCUT2D eigenvalue weighted by molar-refractivity contribution is 0.153. The van der Waals surface area contributed by atoms with Crippen LogP contribution in [-0.4, -0.2) is 29.2 Å². The second-order valence-electron chi connectivity index (χ2n) is 8.36. The molecule has 0 spiro atoms. The van der Waals surface area contributed by atoms with Crippen molar-refractivity contribution in [3.63, 3.8) is 0 Å². The standard InChI is InChI=1S/C28H31NO/c1-21-18-23(19-29-17-7-11-27(29)20-30)13-14-24(21)15-16-25-10-6-12-28(22(25)2)26-8-4-3-5-9-26/h3-6,8-10,12-16,18,27,30H,7,11,17,19-20H2,1-2H3. The maximum atomic E-state index is 9.56. The van der Waals surface area contributed by atoms with E-state index in [4.69, 9.17) is 0 Å². The van der Waals surface area contributed by atoms with Gasteiger partial charge in [-0.3, -0.25) is 4.90 Å². The van der Waals surface area contributed by atoms with Crippen LogP contribution < -0.4 is 0 Å². The highest BCUT2D eigenvalue weighted by molar-refractivity contribution is 5.78. The third-order valence-electron chi connectivity index (χ3n) is 6.33. The Kier molecular flexibility index (Phi) is 6.47. The minimum absolute atomic E-state index is 0.265. The molecule has 0 radical (unpaired) electrons. The van der Waals surface area contributed by atoms with Gasteiger partial charge in [0.2, 0.25) is 0 Å². The highest BCUT2D eigenvalue weighted by atomic mass is 16.3. The molecule has 2 nitrogen and oxygen atoms in total. The van der Waals surface area contributed by atoms with Crippen LogP contribution in [0, 0.1) is 13.8 Å². The van der Waals surface area contributed by atoms with Crippen LogP contribution in [0.25, 0.3) is 23.3 Å². The summed E-state index contributed by atoms with van der Waals surface area (Å²) >= 11 is 0. The van der Waals surface area contributed by atoms with Crippen molar-refractivity contribution < 1.29 is 5.11 Å². The van der Waals surface area contributed by atoms with E-state index >= 15 is 0 Å². The number of benzene rings is 3. The third-order valence-corrected chi connectivity index (χ3v) is 6.33. The van der Waals surface area contributed by atoms with Crippen LogP contribution in [0.1, 0.15) is 40.7 Å². The normalized spacial score (nSPS) is 17.1. The summed E-state index contributed by atoms with van der Waals surface area (Å²) in [6.45, 7) is 6.66. The molecular weight excluding hydrogens is 366 g/mol. The minimum Gasteiger partial charge on any atom is -0.395 e. The van der Waals surface area contributed by atoms with Crippen LogP contribution >= 0.6 is 0 Å². The van der Waals surface area contributed by atoms with Gasteiger partial charge in [-0.05, 0) is 72.2 Å². The Balaban J connectivity index is 1.52. The van der Waals surface area contributed by atoms with E-state index in [0.717, 1.165) is 19.5 Å². The fraction of sp³-hybridized carbons (Fsp3) is 0.286. The van der Waals surface area contributed by atoms with Gasteiger partial charge in [-0.15, -0.1) is 0 Å². The number of hydrogen-bond donors (Lipinski definition) is 1. The Morgan fingerprint density at radius 3 is 2.50 bits per heavy atom. The van der Waals surface area contributed by atoms with Crippen LogP contribution in [0.15, 0.2) is 66.7 Å². The molecule has 3 aromatic rings. The molecule has 0 bridgehead atoms. The number of hydrogen-bond acceptors (Lipinski definition) is 2. The van der Waals surface area contributed by atoms with E-state index in [9.17, 15) is 5.11 Å². The molecule has 0 amide bonds. The van der Waals surface area contributed by atoms with Crippen molar-refractivity contribution >= 4 is 12.2 Å². The van der Waals surface area contributed by atoms with E-state index in [1.807, 2.05) is 0 Å². The van der Waals surface area contributed by atoms with Crippen molar-refractivity contribution in [1.29, 1.82) is 0 Å². The van der Waals surface area contributed by atoms with Gasteiger partial charge in [-0.2, -0.15) is 0 Å². The second-order valence-corrected chi connectivity index (χ2v) is 8.36. The Bertz CT molecular complexity index is 1020. The van der Waals surface area contributed by atoms with Gasteiger partial charge in [-0.1, -0.05) is 78.9 Å². The Morgan fingerprint density at radius 2 is 1.73 bits per heavy atom. The fourth-order valence-electron chi connectivity index (χ4n) is 4.51. The molecule has 1 saturated heterocycles. The van der Waals surface area contributed by atoms with Crippen molar-refractivity contribution in [3.05, 3.63) is 94.5 Å². The van der Waals surface area contributed by atoms with Crippen LogP contribution in [0.2, 0.25) is 0 Å². The molecule has 1 fully saturated rings. The van der Waals surface area contributed by atoms with E-state index in [0.29, 0.717) is 6.04 Å². The fourth-order valence-corrected chi connectivity index (χ4v) is 4.51. The minimum atomic E-state index is 0.265. The second kappa shape index (κ2) is 9.42. The summed E-state index contributed by atoms with van der Waals surface area (Å²) in [5, 5.41) is 9.56. The summed E-state index contributed by atoms with van der Waals surface area (Å²) in [6, 6.07) is 24.2. The van der Waals surface area contributed by atoms with Gasteiger partial charge in [0, 0.05) is 12.6 Å². The topological polar surface area (TPSA) is 23.5 Å². The van der Waals surface area contributed by atoms with E-state index in [1.165, 1.54) is 45.4 Å². The molecule has 1 heterocycles. The van der Waals surface area contributed by atoms with Gasteiger partial charge < -0.3 is 5.11 Å². The van der Waals surface area contributed by atoms with Crippen molar-refractivity contribution in [3.8, 4) is 11.1 Å². The van der Waals surface area contributed by atoms with Crippen LogP contribution in [0.3, 0.4) is 0 Å². The van der Waals surface area contributed by atoms with Crippen molar-refractivity contribution in [2.24, 2.45) is 0 Å². The quantitative estimate of drug-likeness (QED) is 0.508. The van der Waals surface area contributed by atoms with Crippen molar-refractivity contribution in [2.45, 2.75) is 39.3 Å². The predicted molar refractivity (Wildman–Crippen MR) is 127 cm³/mol. The van der Waals surface area contributed by atoms with Gasteiger partial charge >= 0.3 is 0 Å². The first-order valence-corrected chi connectivity index (χ1v) is 10.9. The van der Waals surface area contributed by atoms with E-state index in [-0.39, 0.29) is 6.61 Å². The summed E-state index contributed by atoms with van der Waals surface area (Å²) in [4.78, 5) is 2.41. The lowest BCUT2D eigenvalue weighted by atomic mass is 9.95. The molecule has 3 aromatic carbocycles. The highest BCUT2D eigenvalue weighted by Gasteiger charge is 2.23. The largest absolute Gasteiger partial charge is 0.395 e. The molecule has 4 rings (SSSR count). The van der Waals surface area contributed by atoms with E-state index in [2.05, 4.69) is 97.6 Å². The first kappa shape index (κ1) is 20.6. The summed E-state index contributed by atoms with van der Waals surface area (Å²) in [7, 11) is 0. The number of likely N-dealkylation sites (tertiary alicyclic amines) is 1. The molecule has 154 valence electrons. The SMILES string of the molecule is Cc1cc(CN2CCCC2CO)ccc1C=Cc1cccc(-c2ccccc2)c1C. The van der Waals surface area contributed by atoms with Gasteiger partial charge in [0.15, 0.2) is 0 Å². The highest BCUT2D eigenvalue weighted by Crippen LogP contribution is 2.27. The van der Waals surface area contributed by atoms with Gasteiger partial charge in [0.05, 0.1) is 6.61 Å². The first-order chi connectivity index (χ1) is 14.7. The van der Waals surface area contributed by atoms with Crippen molar-refractivity contribution in [2.75, 3.05) is 13.2 Å². The average molecular weight is 398 g/mol. The van der Waals surface area contributed by atoms with Crippen LogP contribution in [0.4, 0.5) is 0 Å². The number of nitrogens with zero attached hydrogens (tertiary/aromatic N) is 1. The zero-order valence-electron chi connectivity index (χ0n) is 18.0. The van der Waals surface area contributed by atoms with Crippen LogP contribution in [0.5, 0.6) is 0 Å². The number of rotatable bonds is 6. The van der Waals surface area contributed by atoms with E-state index < -0.39 is 0 Å². The maximum Gasteiger partial charge on any atom is 0.0587 e. The molecule has 1 atom stereocenters. The molecule has 0 aliphatic carbocycles. The van der Waals surface area contributed by atoms with Gasteiger partial charge in [0.1, 0.15) is 0 Å². The maximum absolute atomic E-state index is 9.56. The zero-order chi connectivity index (χ0) is 20.9. The molecule has 30 heavy (non-hydrogen) atoms. The smallest absolute Gasteiger partial charge is 0.0587 e. The van der Waals surface area contributed by atoms with Crippen molar-refractivity contribution in [1.82, 2.24) is 4.90 Å². The van der Waals surface area contributed by atoms with Gasteiger partial charge in [0.25, 0.3) is 0 Å². The predicted octanol–water partition coefficient (Wildman–Crippen LogP) is 6.10. The summed E-state index contributed by atoms with van der Waals surface area (Å²) < 4.78 is 0. The lowest BCUT2D eigenvalue weighted by Crippen LogP contribution is -2.31. The number of aliphatic hydroxyl groups excluding tert-OH is 1. The zero-order valence-corrected chi connectivity index (χ0v) is 18.0. The number of aryl methyl sites for hydroxylation is 1. The summed E-state index contributed by atoms with van der Waals surface area (Å²) in [6.07, 6.45) is 6.75. The molecule has 1 aliphatic heterocycles. The summed E-state index contributed by atoms with van der Waals surface area (Å²) in [5.74, 6) is 0. The van der Waals surface area contributed by atoms with Gasteiger partial charge in [-0.25, -0.2) is 0 Å². The molecule has 1 aliphatic rings. The Morgan fingerprint density at radius 1 is 0.933 bits per heavy atom. The lowest BCUT2D eigenvalue weighted by Gasteiger charge is -2.23. The third kappa shape index (κ3) is 4.56. The summed E-state index contributed by atoms with van der Waals surface area (Å²) in [5.41, 5.74) is 8.97. The molecule has 0 saturated carbocycles. The Hall–Kier alpha value is -2.68. The number of aliphatic hydroxyl groups is 1. The van der Waals surface area contributed by atoms with E-state index in [1.54, 1.807) is 0 Å². The van der Waals surface area contributed by atoms with Crippen LogP contribution in [-0.2, 0) is 6.54 Å². The first-order valence-electron chi connectivity index (χ1n) is 10.9. The molecule has 2 heteroatoms. The molecule has 0 aromatic heterocycles. The molecular formula is C28H31NO. The average Bonchev–Trinajstić information content (AvgIpc) is 3.22.